The van der Waals surface area contributed by atoms with Gasteiger partial charge >= 0.3 is 0 Å². The van der Waals surface area contributed by atoms with Gasteiger partial charge < -0.3 is 5.32 Å². The van der Waals surface area contributed by atoms with Gasteiger partial charge in [0.05, 0.1) is 16.4 Å². The fourth-order valence-corrected chi connectivity index (χ4v) is 2.25. The average Bonchev–Trinajstić information content (AvgIpc) is 2.55. The standard InChI is InChI=1S/C13H15Cl2N3/c1-8-11(9(2)18(3)17-8)7-16-13-6-10(14)4-5-12(13)15/h4-6,16H,7H2,1-3H3. The molecule has 5 heteroatoms. The van der Waals surface area contributed by atoms with Crippen LogP contribution in [0.25, 0.3) is 0 Å². The monoisotopic (exact) mass is 283 g/mol. The Bertz CT molecular complexity index is 576. The number of nitrogens with one attached hydrogen (secondary N) is 1. The van der Waals surface area contributed by atoms with E-state index in [1.165, 1.54) is 5.56 Å². The predicted molar refractivity (Wildman–Crippen MR) is 76.5 cm³/mol. The smallest absolute Gasteiger partial charge is 0.0646 e. The molecule has 0 spiro atoms. The van der Waals surface area contributed by atoms with Crippen molar-refractivity contribution in [3.8, 4) is 0 Å². The summed E-state index contributed by atoms with van der Waals surface area (Å²) in [6.45, 7) is 4.74. The van der Waals surface area contributed by atoms with Gasteiger partial charge in [0, 0.05) is 29.9 Å². The first-order valence-electron chi connectivity index (χ1n) is 5.67. The van der Waals surface area contributed by atoms with Crippen molar-refractivity contribution in [2.45, 2.75) is 20.4 Å². The molecule has 1 aromatic heterocycles. The van der Waals surface area contributed by atoms with E-state index in [4.69, 9.17) is 23.2 Å². The van der Waals surface area contributed by atoms with Crippen LogP contribution in [0.4, 0.5) is 5.69 Å². The zero-order valence-corrected chi connectivity index (χ0v) is 12.1. The highest BCUT2D eigenvalue weighted by atomic mass is 35.5. The van der Waals surface area contributed by atoms with Crippen molar-refractivity contribution in [1.29, 1.82) is 0 Å². The Morgan fingerprint density at radius 3 is 2.61 bits per heavy atom. The van der Waals surface area contributed by atoms with Crippen molar-refractivity contribution in [2.24, 2.45) is 7.05 Å². The summed E-state index contributed by atoms with van der Waals surface area (Å²) in [6.07, 6.45) is 0. The molecule has 0 saturated carbocycles. The first kappa shape index (κ1) is 13.2. The molecule has 0 radical (unpaired) electrons. The van der Waals surface area contributed by atoms with Crippen LogP contribution >= 0.6 is 23.2 Å². The highest BCUT2D eigenvalue weighted by Gasteiger charge is 2.09. The van der Waals surface area contributed by atoms with E-state index in [1.807, 2.05) is 24.7 Å². The summed E-state index contributed by atoms with van der Waals surface area (Å²) in [5.41, 5.74) is 4.21. The van der Waals surface area contributed by atoms with Crippen LogP contribution in [0, 0.1) is 13.8 Å². The molecule has 2 rings (SSSR count). The third-order valence-electron chi connectivity index (χ3n) is 3.04. The molecule has 1 heterocycles. The molecule has 0 bridgehead atoms. The summed E-state index contributed by atoms with van der Waals surface area (Å²) in [6, 6.07) is 5.38. The molecular weight excluding hydrogens is 269 g/mol. The van der Waals surface area contributed by atoms with Gasteiger partial charge in [0.2, 0.25) is 0 Å². The maximum absolute atomic E-state index is 6.11. The minimum Gasteiger partial charge on any atom is -0.380 e. The molecule has 0 amide bonds. The molecule has 0 saturated heterocycles. The Kier molecular flexibility index (Phi) is 3.83. The molecule has 96 valence electrons. The molecule has 0 atom stereocenters. The lowest BCUT2D eigenvalue weighted by Crippen LogP contribution is -2.02. The van der Waals surface area contributed by atoms with Crippen molar-refractivity contribution >= 4 is 28.9 Å². The van der Waals surface area contributed by atoms with E-state index in [9.17, 15) is 0 Å². The summed E-state index contributed by atoms with van der Waals surface area (Å²) in [5.74, 6) is 0. The summed E-state index contributed by atoms with van der Waals surface area (Å²) < 4.78 is 1.88. The highest BCUT2D eigenvalue weighted by Crippen LogP contribution is 2.26. The predicted octanol–water partition coefficient (Wildman–Crippen LogP) is 3.96. The molecule has 18 heavy (non-hydrogen) atoms. The molecule has 0 aliphatic carbocycles. The molecule has 0 aliphatic heterocycles. The van der Waals surface area contributed by atoms with E-state index in [2.05, 4.69) is 17.3 Å². The van der Waals surface area contributed by atoms with E-state index < -0.39 is 0 Å². The third kappa shape index (κ3) is 2.62. The second-order valence-corrected chi connectivity index (χ2v) is 5.09. The van der Waals surface area contributed by atoms with Crippen LogP contribution in [0.15, 0.2) is 18.2 Å². The summed E-state index contributed by atoms with van der Waals surface area (Å²) >= 11 is 12.1. The molecule has 0 fully saturated rings. The maximum atomic E-state index is 6.11. The van der Waals surface area contributed by atoms with Gasteiger partial charge in [-0.15, -0.1) is 0 Å². The summed E-state index contributed by atoms with van der Waals surface area (Å²) in [4.78, 5) is 0. The molecule has 0 aliphatic rings. The topological polar surface area (TPSA) is 29.9 Å². The normalized spacial score (nSPS) is 10.7. The lowest BCUT2D eigenvalue weighted by molar-refractivity contribution is 0.730. The first-order chi connectivity index (χ1) is 8.49. The number of hydrogen-bond acceptors (Lipinski definition) is 2. The second-order valence-electron chi connectivity index (χ2n) is 4.25. The van der Waals surface area contributed by atoms with Crippen molar-refractivity contribution < 1.29 is 0 Å². The Hall–Kier alpha value is -1.19. The van der Waals surface area contributed by atoms with Crippen LogP contribution in [0.5, 0.6) is 0 Å². The van der Waals surface area contributed by atoms with Crippen LogP contribution in [-0.2, 0) is 13.6 Å². The lowest BCUT2D eigenvalue weighted by atomic mass is 10.2. The molecule has 1 N–H and O–H groups in total. The van der Waals surface area contributed by atoms with Crippen LogP contribution in [-0.4, -0.2) is 9.78 Å². The Morgan fingerprint density at radius 2 is 2.00 bits per heavy atom. The minimum absolute atomic E-state index is 0.665. The number of halogens is 2. The number of hydrogen-bond donors (Lipinski definition) is 1. The van der Waals surface area contributed by atoms with Crippen molar-refractivity contribution in [3.05, 3.63) is 45.2 Å². The Balaban J connectivity index is 2.19. The number of aromatic nitrogens is 2. The van der Waals surface area contributed by atoms with Gasteiger partial charge in [0.25, 0.3) is 0 Å². The van der Waals surface area contributed by atoms with E-state index in [-0.39, 0.29) is 0 Å². The van der Waals surface area contributed by atoms with Gasteiger partial charge in [-0.3, -0.25) is 4.68 Å². The number of anilines is 1. The van der Waals surface area contributed by atoms with Gasteiger partial charge in [-0.1, -0.05) is 23.2 Å². The lowest BCUT2D eigenvalue weighted by Gasteiger charge is -2.09. The van der Waals surface area contributed by atoms with Crippen molar-refractivity contribution in [2.75, 3.05) is 5.32 Å². The molecule has 2 aromatic rings. The van der Waals surface area contributed by atoms with Crippen LogP contribution in [0.3, 0.4) is 0 Å². The fraction of sp³-hybridized carbons (Fsp3) is 0.308. The highest BCUT2D eigenvalue weighted by molar-refractivity contribution is 6.35. The van der Waals surface area contributed by atoms with Crippen LogP contribution in [0.1, 0.15) is 17.0 Å². The number of benzene rings is 1. The van der Waals surface area contributed by atoms with E-state index >= 15 is 0 Å². The van der Waals surface area contributed by atoms with Crippen molar-refractivity contribution in [3.63, 3.8) is 0 Å². The maximum Gasteiger partial charge on any atom is 0.0646 e. The van der Waals surface area contributed by atoms with Gasteiger partial charge in [0.1, 0.15) is 0 Å². The quantitative estimate of drug-likeness (QED) is 0.924. The molecule has 3 nitrogen and oxygen atoms in total. The van der Waals surface area contributed by atoms with Gasteiger partial charge in [0.15, 0.2) is 0 Å². The van der Waals surface area contributed by atoms with E-state index in [1.54, 1.807) is 12.1 Å². The summed E-state index contributed by atoms with van der Waals surface area (Å²) in [5, 5.41) is 9.01. The first-order valence-corrected chi connectivity index (χ1v) is 6.42. The average molecular weight is 284 g/mol. The minimum atomic E-state index is 0.665. The van der Waals surface area contributed by atoms with Gasteiger partial charge in [-0.2, -0.15) is 5.10 Å². The van der Waals surface area contributed by atoms with Crippen molar-refractivity contribution in [1.82, 2.24) is 9.78 Å². The SMILES string of the molecule is Cc1nn(C)c(C)c1CNc1cc(Cl)ccc1Cl. The number of aryl methyl sites for hydroxylation is 2. The zero-order valence-electron chi connectivity index (χ0n) is 10.6. The molecular formula is C13H15Cl2N3. The molecule has 0 unspecified atom stereocenters. The van der Waals surface area contributed by atoms with E-state index in [0.29, 0.717) is 16.6 Å². The number of nitrogens with zero attached hydrogens (tertiary/aromatic N) is 2. The Labute approximate surface area is 117 Å². The fourth-order valence-electron chi connectivity index (χ4n) is 1.89. The Morgan fingerprint density at radius 1 is 1.28 bits per heavy atom. The van der Waals surface area contributed by atoms with Crippen LogP contribution in [0.2, 0.25) is 10.0 Å². The second kappa shape index (κ2) is 5.21. The molecule has 1 aromatic carbocycles. The van der Waals surface area contributed by atoms with E-state index in [0.717, 1.165) is 17.1 Å². The number of rotatable bonds is 3. The van der Waals surface area contributed by atoms with Crippen LogP contribution < -0.4 is 5.32 Å². The largest absolute Gasteiger partial charge is 0.380 e. The zero-order chi connectivity index (χ0) is 13.3. The van der Waals surface area contributed by atoms with Gasteiger partial charge in [-0.05, 0) is 32.0 Å². The summed E-state index contributed by atoms with van der Waals surface area (Å²) in [7, 11) is 1.94. The van der Waals surface area contributed by atoms with Gasteiger partial charge in [-0.25, -0.2) is 0 Å². The third-order valence-corrected chi connectivity index (χ3v) is 3.61.